The second-order valence-electron chi connectivity index (χ2n) is 3.56. The number of imidazole rings is 1. The van der Waals surface area contributed by atoms with E-state index in [4.69, 9.17) is 0 Å². The van der Waals surface area contributed by atoms with E-state index < -0.39 is 0 Å². The van der Waals surface area contributed by atoms with Crippen LogP contribution >= 0.6 is 15.9 Å². The lowest BCUT2D eigenvalue weighted by Gasteiger charge is -1.99. The van der Waals surface area contributed by atoms with Crippen molar-refractivity contribution >= 4 is 21.6 Å². The zero-order chi connectivity index (χ0) is 11.1. The Morgan fingerprint density at radius 3 is 2.94 bits per heavy atom. The zero-order valence-corrected chi connectivity index (χ0v) is 10.2. The van der Waals surface area contributed by atoms with Crippen LogP contribution < -0.4 is 0 Å². The molecule has 3 aromatic rings. The van der Waals surface area contributed by atoms with E-state index in [1.54, 1.807) is 4.52 Å². The molecule has 0 atom stereocenters. The molecule has 1 N–H and O–H groups in total. The first-order valence-corrected chi connectivity index (χ1v) is 5.70. The Labute approximate surface area is 100 Å². The highest BCUT2D eigenvalue weighted by molar-refractivity contribution is 9.10. The van der Waals surface area contributed by atoms with Gasteiger partial charge in [-0.15, -0.1) is 0 Å². The Bertz CT molecular complexity index is 639. The second kappa shape index (κ2) is 3.45. The Morgan fingerprint density at radius 2 is 2.19 bits per heavy atom. The SMILES string of the molecule is Cc1nc2ccc(-c3ccc[nH]3)nn2c1Br. The van der Waals surface area contributed by atoms with Gasteiger partial charge in [0.2, 0.25) is 0 Å². The van der Waals surface area contributed by atoms with Gasteiger partial charge in [0.25, 0.3) is 0 Å². The molecule has 0 unspecified atom stereocenters. The molecule has 0 radical (unpaired) electrons. The maximum Gasteiger partial charge on any atom is 0.155 e. The summed E-state index contributed by atoms with van der Waals surface area (Å²) in [5, 5.41) is 4.51. The highest BCUT2D eigenvalue weighted by Crippen LogP contribution is 2.20. The minimum Gasteiger partial charge on any atom is -0.360 e. The van der Waals surface area contributed by atoms with Crippen LogP contribution in [0.5, 0.6) is 0 Å². The fourth-order valence-corrected chi connectivity index (χ4v) is 2.00. The maximum absolute atomic E-state index is 4.51. The number of rotatable bonds is 1. The first-order valence-electron chi connectivity index (χ1n) is 4.91. The topological polar surface area (TPSA) is 46.0 Å². The van der Waals surface area contributed by atoms with Crippen molar-refractivity contribution in [3.63, 3.8) is 0 Å². The molecular weight excluding hydrogens is 268 g/mol. The molecule has 0 aliphatic carbocycles. The monoisotopic (exact) mass is 276 g/mol. The average Bonchev–Trinajstić information content (AvgIpc) is 2.89. The summed E-state index contributed by atoms with van der Waals surface area (Å²) in [6.45, 7) is 1.95. The van der Waals surface area contributed by atoms with E-state index >= 15 is 0 Å². The van der Waals surface area contributed by atoms with Gasteiger partial charge in [0.05, 0.1) is 11.4 Å². The summed E-state index contributed by atoms with van der Waals surface area (Å²) in [6, 6.07) is 7.86. The smallest absolute Gasteiger partial charge is 0.155 e. The van der Waals surface area contributed by atoms with Crippen LogP contribution in [0.25, 0.3) is 17.0 Å². The summed E-state index contributed by atoms with van der Waals surface area (Å²) < 4.78 is 2.70. The zero-order valence-electron chi connectivity index (χ0n) is 8.61. The summed E-state index contributed by atoms with van der Waals surface area (Å²) in [4.78, 5) is 7.51. The lowest BCUT2D eigenvalue weighted by molar-refractivity contribution is 0.916. The van der Waals surface area contributed by atoms with Crippen molar-refractivity contribution in [2.24, 2.45) is 0 Å². The highest BCUT2D eigenvalue weighted by atomic mass is 79.9. The first kappa shape index (κ1) is 9.59. The van der Waals surface area contributed by atoms with E-state index in [9.17, 15) is 0 Å². The molecule has 0 saturated heterocycles. The lowest BCUT2D eigenvalue weighted by atomic mass is 10.3. The molecule has 0 aromatic carbocycles. The number of fused-ring (bicyclic) bond motifs is 1. The van der Waals surface area contributed by atoms with Gasteiger partial charge in [-0.2, -0.15) is 5.10 Å². The Morgan fingerprint density at radius 1 is 1.31 bits per heavy atom. The van der Waals surface area contributed by atoms with Crippen LogP contribution in [-0.4, -0.2) is 19.6 Å². The Hall–Kier alpha value is -1.62. The number of aromatic amines is 1. The average molecular weight is 277 g/mol. The summed E-state index contributed by atoms with van der Waals surface area (Å²) in [7, 11) is 0. The number of H-pyrrole nitrogens is 1. The third kappa shape index (κ3) is 1.36. The first-order chi connectivity index (χ1) is 7.75. The van der Waals surface area contributed by atoms with Gasteiger partial charge >= 0.3 is 0 Å². The van der Waals surface area contributed by atoms with Gasteiger partial charge < -0.3 is 4.98 Å². The minimum absolute atomic E-state index is 0.847. The van der Waals surface area contributed by atoms with Gasteiger partial charge in [-0.1, -0.05) is 0 Å². The van der Waals surface area contributed by atoms with E-state index in [0.717, 1.165) is 27.3 Å². The van der Waals surface area contributed by atoms with Crippen molar-refractivity contribution < 1.29 is 0 Å². The molecule has 0 spiro atoms. The molecular formula is C11H9BrN4. The van der Waals surface area contributed by atoms with E-state index in [2.05, 4.69) is 31.0 Å². The standard InChI is InChI=1S/C11H9BrN4/c1-7-11(12)16-10(14-7)5-4-9(15-16)8-3-2-6-13-8/h2-6,13H,1H3. The predicted octanol–water partition coefficient (Wildman–Crippen LogP) is 2.80. The number of nitrogens with one attached hydrogen (secondary N) is 1. The number of hydrogen-bond acceptors (Lipinski definition) is 2. The van der Waals surface area contributed by atoms with E-state index in [1.807, 2.05) is 37.4 Å². The molecule has 0 bridgehead atoms. The minimum atomic E-state index is 0.847. The van der Waals surface area contributed by atoms with Gasteiger partial charge in [-0.3, -0.25) is 0 Å². The molecule has 16 heavy (non-hydrogen) atoms. The summed E-state index contributed by atoms with van der Waals surface area (Å²) >= 11 is 3.48. The quantitative estimate of drug-likeness (QED) is 0.743. The van der Waals surface area contributed by atoms with Crippen molar-refractivity contribution in [2.75, 3.05) is 0 Å². The molecule has 3 aromatic heterocycles. The Balaban J connectivity index is 2.26. The Kier molecular flexibility index (Phi) is 2.07. The number of aryl methyl sites for hydroxylation is 1. The molecule has 3 heterocycles. The van der Waals surface area contributed by atoms with Crippen LogP contribution in [0.1, 0.15) is 5.69 Å². The lowest BCUT2D eigenvalue weighted by Crippen LogP contribution is -1.94. The fraction of sp³-hybridized carbons (Fsp3) is 0.0909. The van der Waals surface area contributed by atoms with Gasteiger partial charge in [0.1, 0.15) is 10.3 Å². The third-order valence-corrected chi connectivity index (χ3v) is 3.37. The highest BCUT2D eigenvalue weighted by Gasteiger charge is 2.08. The van der Waals surface area contributed by atoms with E-state index in [1.165, 1.54) is 0 Å². The van der Waals surface area contributed by atoms with Crippen LogP contribution in [0.15, 0.2) is 35.1 Å². The molecule has 0 aliphatic rings. The van der Waals surface area contributed by atoms with Crippen LogP contribution in [0.2, 0.25) is 0 Å². The molecule has 3 rings (SSSR count). The summed E-state index contributed by atoms with van der Waals surface area (Å²) in [5.41, 5.74) is 3.69. The maximum atomic E-state index is 4.51. The third-order valence-electron chi connectivity index (χ3n) is 2.46. The van der Waals surface area contributed by atoms with Crippen molar-refractivity contribution in [3.05, 3.63) is 40.8 Å². The van der Waals surface area contributed by atoms with Gasteiger partial charge in [0, 0.05) is 6.20 Å². The van der Waals surface area contributed by atoms with Crippen molar-refractivity contribution in [1.29, 1.82) is 0 Å². The largest absolute Gasteiger partial charge is 0.360 e. The molecule has 0 saturated carbocycles. The number of halogens is 1. The molecule has 80 valence electrons. The molecule has 5 heteroatoms. The number of hydrogen-bond donors (Lipinski definition) is 1. The van der Waals surface area contributed by atoms with E-state index in [-0.39, 0.29) is 0 Å². The fourth-order valence-electron chi connectivity index (χ4n) is 1.65. The summed E-state index contributed by atoms with van der Waals surface area (Å²) in [5.74, 6) is 0. The summed E-state index contributed by atoms with van der Waals surface area (Å²) in [6.07, 6.45) is 1.88. The van der Waals surface area contributed by atoms with Crippen molar-refractivity contribution in [1.82, 2.24) is 19.6 Å². The molecule has 0 amide bonds. The van der Waals surface area contributed by atoms with Crippen LogP contribution in [0.4, 0.5) is 0 Å². The van der Waals surface area contributed by atoms with Gasteiger partial charge in [0.15, 0.2) is 5.65 Å². The van der Waals surface area contributed by atoms with Crippen LogP contribution in [-0.2, 0) is 0 Å². The normalized spacial score (nSPS) is 11.1. The van der Waals surface area contributed by atoms with Crippen molar-refractivity contribution in [2.45, 2.75) is 6.92 Å². The van der Waals surface area contributed by atoms with E-state index in [0.29, 0.717) is 0 Å². The molecule has 0 aliphatic heterocycles. The molecule has 4 nitrogen and oxygen atoms in total. The number of nitrogens with zero attached hydrogens (tertiary/aromatic N) is 3. The number of aromatic nitrogens is 4. The van der Waals surface area contributed by atoms with Crippen LogP contribution in [0.3, 0.4) is 0 Å². The molecule has 0 fully saturated rings. The second-order valence-corrected chi connectivity index (χ2v) is 4.31. The van der Waals surface area contributed by atoms with Gasteiger partial charge in [-0.25, -0.2) is 9.50 Å². The van der Waals surface area contributed by atoms with Crippen LogP contribution in [0, 0.1) is 6.92 Å². The van der Waals surface area contributed by atoms with Crippen molar-refractivity contribution in [3.8, 4) is 11.4 Å². The predicted molar refractivity (Wildman–Crippen MR) is 65.2 cm³/mol. The van der Waals surface area contributed by atoms with Gasteiger partial charge in [-0.05, 0) is 47.1 Å².